The fourth-order valence-corrected chi connectivity index (χ4v) is 1.93. The normalized spacial score (nSPS) is 37.8. The summed E-state index contributed by atoms with van der Waals surface area (Å²) < 4.78 is 5.75. The molecule has 2 saturated heterocycles. The molecule has 12 heavy (non-hydrogen) atoms. The van der Waals surface area contributed by atoms with Gasteiger partial charge < -0.3 is 9.64 Å². The van der Waals surface area contributed by atoms with E-state index < -0.39 is 0 Å². The molecule has 0 bridgehead atoms. The first kappa shape index (κ1) is 8.52. The summed E-state index contributed by atoms with van der Waals surface area (Å²) in [5.74, 6) is 0.789. The van der Waals surface area contributed by atoms with E-state index in [9.17, 15) is 0 Å². The number of ether oxygens (including phenoxy) is 1. The van der Waals surface area contributed by atoms with Gasteiger partial charge in [0.05, 0.1) is 6.10 Å². The SMILES string of the molecule is CC1CCC(CN2CCC2)OC1. The van der Waals surface area contributed by atoms with Crippen LogP contribution in [0.1, 0.15) is 26.2 Å². The van der Waals surface area contributed by atoms with Crippen molar-refractivity contribution in [3.63, 3.8) is 0 Å². The van der Waals surface area contributed by atoms with Crippen molar-refractivity contribution < 1.29 is 4.74 Å². The summed E-state index contributed by atoms with van der Waals surface area (Å²) in [7, 11) is 0. The highest BCUT2D eigenvalue weighted by molar-refractivity contribution is 4.76. The lowest BCUT2D eigenvalue weighted by molar-refractivity contribution is -0.0370. The number of nitrogens with zero attached hydrogens (tertiary/aromatic N) is 1. The molecule has 70 valence electrons. The molecule has 2 atom stereocenters. The van der Waals surface area contributed by atoms with Crippen molar-refractivity contribution in [1.29, 1.82) is 0 Å². The maximum atomic E-state index is 5.75. The van der Waals surface area contributed by atoms with Gasteiger partial charge in [-0.2, -0.15) is 0 Å². The molecule has 0 spiro atoms. The van der Waals surface area contributed by atoms with Crippen LogP contribution in [-0.4, -0.2) is 37.2 Å². The zero-order valence-electron chi connectivity index (χ0n) is 7.96. The van der Waals surface area contributed by atoms with Crippen LogP contribution in [0.4, 0.5) is 0 Å². The number of hydrogen-bond acceptors (Lipinski definition) is 2. The Labute approximate surface area is 74.9 Å². The van der Waals surface area contributed by atoms with Crippen LogP contribution in [0.25, 0.3) is 0 Å². The van der Waals surface area contributed by atoms with Gasteiger partial charge in [0, 0.05) is 13.2 Å². The second-order valence-electron chi connectivity index (χ2n) is 4.29. The van der Waals surface area contributed by atoms with Crippen molar-refractivity contribution >= 4 is 0 Å². The monoisotopic (exact) mass is 169 g/mol. The smallest absolute Gasteiger partial charge is 0.0702 e. The van der Waals surface area contributed by atoms with Gasteiger partial charge in [0.15, 0.2) is 0 Å². The van der Waals surface area contributed by atoms with E-state index in [2.05, 4.69) is 11.8 Å². The molecule has 0 aromatic rings. The largest absolute Gasteiger partial charge is 0.377 e. The average Bonchev–Trinajstić information content (AvgIpc) is 2.00. The lowest BCUT2D eigenvalue weighted by atomic mass is 9.99. The van der Waals surface area contributed by atoms with Crippen molar-refractivity contribution in [3.8, 4) is 0 Å². The third-order valence-electron chi connectivity index (χ3n) is 3.01. The van der Waals surface area contributed by atoms with Crippen LogP contribution in [0.2, 0.25) is 0 Å². The summed E-state index contributed by atoms with van der Waals surface area (Å²) >= 11 is 0. The molecule has 0 aliphatic carbocycles. The van der Waals surface area contributed by atoms with Crippen LogP contribution in [0, 0.1) is 5.92 Å². The van der Waals surface area contributed by atoms with Gasteiger partial charge in [-0.25, -0.2) is 0 Å². The van der Waals surface area contributed by atoms with Gasteiger partial charge in [0.25, 0.3) is 0 Å². The summed E-state index contributed by atoms with van der Waals surface area (Å²) in [6.07, 6.45) is 4.57. The summed E-state index contributed by atoms with van der Waals surface area (Å²) in [6.45, 7) is 7.05. The standard InChI is InChI=1S/C10H19NO/c1-9-3-4-10(12-8-9)7-11-5-2-6-11/h9-10H,2-8H2,1H3. The van der Waals surface area contributed by atoms with E-state index in [1.807, 2.05) is 0 Å². The van der Waals surface area contributed by atoms with Crippen LogP contribution < -0.4 is 0 Å². The Hall–Kier alpha value is -0.0800. The molecular formula is C10H19NO. The van der Waals surface area contributed by atoms with Crippen molar-refractivity contribution in [3.05, 3.63) is 0 Å². The first-order valence-electron chi connectivity index (χ1n) is 5.18. The highest BCUT2D eigenvalue weighted by Crippen LogP contribution is 2.20. The molecule has 2 heterocycles. The number of hydrogen-bond donors (Lipinski definition) is 0. The van der Waals surface area contributed by atoms with E-state index in [0.29, 0.717) is 6.10 Å². The van der Waals surface area contributed by atoms with Crippen molar-refractivity contribution in [2.45, 2.75) is 32.3 Å². The van der Waals surface area contributed by atoms with E-state index >= 15 is 0 Å². The minimum atomic E-state index is 0.543. The van der Waals surface area contributed by atoms with Crippen LogP contribution >= 0.6 is 0 Å². The Morgan fingerprint density at radius 1 is 1.33 bits per heavy atom. The van der Waals surface area contributed by atoms with E-state index in [4.69, 9.17) is 4.74 Å². The Balaban J connectivity index is 1.67. The van der Waals surface area contributed by atoms with E-state index in [-0.39, 0.29) is 0 Å². The molecule has 0 aromatic carbocycles. The molecule has 0 amide bonds. The molecule has 0 N–H and O–H groups in total. The fourth-order valence-electron chi connectivity index (χ4n) is 1.93. The third kappa shape index (κ3) is 1.99. The predicted octanol–water partition coefficient (Wildman–Crippen LogP) is 1.51. The molecule has 2 fully saturated rings. The van der Waals surface area contributed by atoms with Crippen LogP contribution in [0.3, 0.4) is 0 Å². The highest BCUT2D eigenvalue weighted by atomic mass is 16.5. The molecule has 2 aliphatic heterocycles. The van der Waals surface area contributed by atoms with E-state index in [1.54, 1.807) is 0 Å². The van der Waals surface area contributed by atoms with Crippen molar-refractivity contribution in [1.82, 2.24) is 4.90 Å². The molecule has 0 radical (unpaired) electrons. The molecule has 0 aromatic heterocycles. The third-order valence-corrected chi connectivity index (χ3v) is 3.01. The molecule has 2 heteroatoms. The van der Waals surface area contributed by atoms with E-state index in [1.165, 1.54) is 38.9 Å². The fraction of sp³-hybridized carbons (Fsp3) is 1.00. The van der Waals surface area contributed by atoms with Crippen molar-refractivity contribution in [2.24, 2.45) is 5.92 Å². The zero-order chi connectivity index (χ0) is 8.39. The van der Waals surface area contributed by atoms with Gasteiger partial charge in [-0.3, -0.25) is 0 Å². The summed E-state index contributed by atoms with van der Waals surface area (Å²) in [6, 6.07) is 0. The van der Waals surface area contributed by atoms with Gasteiger partial charge in [0.2, 0.25) is 0 Å². The Morgan fingerprint density at radius 2 is 2.17 bits per heavy atom. The van der Waals surface area contributed by atoms with Gasteiger partial charge in [-0.15, -0.1) is 0 Å². The summed E-state index contributed by atoms with van der Waals surface area (Å²) in [5.41, 5.74) is 0. The Morgan fingerprint density at radius 3 is 2.67 bits per heavy atom. The summed E-state index contributed by atoms with van der Waals surface area (Å²) in [4.78, 5) is 2.50. The highest BCUT2D eigenvalue weighted by Gasteiger charge is 2.23. The van der Waals surface area contributed by atoms with Gasteiger partial charge in [0.1, 0.15) is 0 Å². The second kappa shape index (κ2) is 3.75. The maximum absolute atomic E-state index is 5.75. The van der Waals surface area contributed by atoms with Crippen LogP contribution in [0.15, 0.2) is 0 Å². The Bertz CT molecular complexity index is 137. The second-order valence-corrected chi connectivity index (χ2v) is 4.29. The molecule has 2 unspecified atom stereocenters. The van der Waals surface area contributed by atoms with Crippen molar-refractivity contribution in [2.75, 3.05) is 26.2 Å². The van der Waals surface area contributed by atoms with Crippen LogP contribution in [0.5, 0.6) is 0 Å². The van der Waals surface area contributed by atoms with Gasteiger partial charge in [-0.05, 0) is 38.3 Å². The Kier molecular flexibility index (Phi) is 2.66. The first-order valence-corrected chi connectivity index (χ1v) is 5.18. The number of rotatable bonds is 2. The minimum Gasteiger partial charge on any atom is -0.377 e. The first-order chi connectivity index (χ1) is 5.84. The zero-order valence-corrected chi connectivity index (χ0v) is 7.96. The minimum absolute atomic E-state index is 0.543. The molecular weight excluding hydrogens is 150 g/mol. The van der Waals surface area contributed by atoms with Crippen LogP contribution in [-0.2, 0) is 4.74 Å². The molecule has 0 saturated carbocycles. The summed E-state index contributed by atoms with van der Waals surface area (Å²) in [5, 5.41) is 0. The molecule has 2 aliphatic rings. The average molecular weight is 169 g/mol. The van der Waals surface area contributed by atoms with Gasteiger partial charge in [-0.1, -0.05) is 6.92 Å². The molecule has 2 rings (SSSR count). The lowest BCUT2D eigenvalue weighted by Gasteiger charge is -2.36. The maximum Gasteiger partial charge on any atom is 0.0702 e. The van der Waals surface area contributed by atoms with E-state index in [0.717, 1.165) is 12.5 Å². The van der Waals surface area contributed by atoms with Gasteiger partial charge >= 0.3 is 0 Å². The molecule has 2 nitrogen and oxygen atoms in total. The lowest BCUT2D eigenvalue weighted by Crippen LogP contribution is -2.44. The number of likely N-dealkylation sites (tertiary alicyclic amines) is 1. The quantitative estimate of drug-likeness (QED) is 0.621. The topological polar surface area (TPSA) is 12.5 Å². The predicted molar refractivity (Wildman–Crippen MR) is 49.2 cm³/mol.